The van der Waals surface area contributed by atoms with Crippen molar-refractivity contribution in [2.24, 2.45) is 0 Å². The second-order valence-electron chi connectivity index (χ2n) is 15.4. The Bertz CT molecular complexity index is 2150. The number of ether oxygens (including phenoxy) is 1. The zero-order chi connectivity index (χ0) is 41.5. The molecule has 0 spiro atoms. The summed E-state index contributed by atoms with van der Waals surface area (Å²) in [5, 5.41) is 15.3. The van der Waals surface area contributed by atoms with Gasteiger partial charge in [-0.3, -0.25) is 29.4 Å². The van der Waals surface area contributed by atoms with Gasteiger partial charge in [0, 0.05) is 56.1 Å². The Hall–Kier alpha value is -5.93. The number of piperidine rings is 2. The molecule has 0 radical (unpaired) electrons. The number of benzene rings is 3. The van der Waals surface area contributed by atoms with E-state index in [4.69, 9.17) is 16.3 Å². The van der Waals surface area contributed by atoms with Gasteiger partial charge >= 0.3 is 0 Å². The minimum Gasteiger partial charge on any atom is -0.494 e. The first-order valence-electron chi connectivity index (χ1n) is 20.1. The molecule has 4 amide bonds. The summed E-state index contributed by atoms with van der Waals surface area (Å²) in [4.78, 5) is 65.2. The van der Waals surface area contributed by atoms with Crippen LogP contribution in [-0.4, -0.2) is 108 Å². The van der Waals surface area contributed by atoms with Crippen molar-refractivity contribution in [2.75, 3.05) is 73.8 Å². The first-order valence-corrected chi connectivity index (χ1v) is 20.5. The van der Waals surface area contributed by atoms with Gasteiger partial charge in [0.05, 0.1) is 36.8 Å². The molecule has 4 heterocycles. The van der Waals surface area contributed by atoms with Gasteiger partial charge in [-0.15, -0.1) is 0 Å². The smallest absolute Gasteiger partial charge is 0.253 e. The third-order valence-electron chi connectivity index (χ3n) is 10.9. The lowest BCUT2D eigenvalue weighted by Crippen LogP contribution is -2.51. The van der Waals surface area contributed by atoms with Crippen molar-refractivity contribution in [3.63, 3.8) is 0 Å². The minimum absolute atomic E-state index is 0.0198. The Morgan fingerprint density at radius 3 is 2.37 bits per heavy atom. The van der Waals surface area contributed by atoms with E-state index < -0.39 is 6.04 Å². The highest BCUT2D eigenvalue weighted by molar-refractivity contribution is 6.33. The number of aromatic nitrogens is 2. The second kappa shape index (κ2) is 18.8. The average molecular weight is 823 g/mol. The van der Waals surface area contributed by atoms with Crippen LogP contribution < -0.4 is 36.2 Å². The molecular formula is C43H51ClN10O5. The van der Waals surface area contributed by atoms with Crippen LogP contribution in [0.5, 0.6) is 5.75 Å². The van der Waals surface area contributed by atoms with Crippen LogP contribution in [0.1, 0.15) is 61.4 Å². The fourth-order valence-electron chi connectivity index (χ4n) is 7.69. The summed E-state index contributed by atoms with van der Waals surface area (Å²) in [5.41, 5.74) is 4.79. The highest BCUT2D eigenvalue weighted by Crippen LogP contribution is 2.34. The minimum atomic E-state index is -0.402. The maximum Gasteiger partial charge on any atom is 0.253 e. The van der Waals surface area contributed by atoms with Crippen LogP contribution in [0.15, 0.2) is 72.9 Å². The molecule has 0 bridgehead atoms. The van der Waals surface area contributed by atoms with Crippen LogP contribution in [0.4, 0.5) is 34.5 Å². The van der Waals surface area contributed by atoms with E-state index in [0.717, 1.165) is 37.3 Å². The van der Waals surface area contributed by atoms with Crippen molar-refractivity contribution in [1.82, 2.24) is 30.4 Å². The Balaban J connectivity index is 0.880. The Morgan fingerprint density at radius 1 is 0.915 bits per heavy atom. The molecule has 3 saturated heterocycles. The molecule has 1 aromatic heterocycles. The summed E-state index contributed by atoms with van der Waals surface area (Å²) in [7, 11) is 1.61. The molecule has 3 aromatic carbocycles. The van der Waals surface area contributed by atoms with Crippen molar-refractivity contribution in [3.8, 4) is 5.75 Å². The van der Waals surface area contributed by atoms with E-state index in [1.54, 1.807) is 25.3 Å². The van der Waals surface area contributed by atoms with Crippen molar-refractivity contribution < 1.29 is 23.9 Å². The number of carbonyl (C=O) groups is 4. The predicted molar refractivity (Wildman–Crippen MR) is 229 cm³/mol. The molecule has 3 fully saturated rings. The first-order chi connectivity index (χ1) is 28.5. The van der Waals surface area contributed by atoms with Crippen LogP contribution in [0.2, 0.25) is 5.02 Å². The Morgan fingerprint density at radius 2 is 1.66 bits per heavy atom. The van der Waals surface area contributed by atoms with E-state index in [1.807, 2.05) is 55.1 Å². The molecule has 0 aliphatic carbocycles. The number of likely N-dealkylation sites (tertiary alicyclic amines) is 1. The van der Waals surface area contributed by atoms with Crippen molar-refractivity contribution in [3.05, 3.63) is 89.1 Å². The number of rotatable bonds is 13. The SMILES string of the molecule is COc1cc(N2CCN(C(=O)CN3CCC(c4ccc(NC5CCC(=O)NC5=O)cc4)CC3)CC2)ccc1Nc1ncc(Cl)c(Nc2ccccc2C(=O)NC(C)C)n1. The first kappa shape index (κ1) is 41.2. The molecule has 4 aromatic rings. The second-order valence-corrected chi connectivity index (χ2v) is 15.8. The largest absolute Gasteiger partial charge is 0.494 e. The molecule has 7 rings (SSSR count). The highest BCUT2D eigenvalue weighted by Gasteiger charge is 2.28. The third-order valence-corrected chi connectivity index (χ3v) is 11.2. The third kappa shape index (κ3) is 10.4. The van der Waals surface area contributed by atoms with E-state index in [9.17, 15) is 19.2 Å². The number of piperazine rings is 1. The molecular weight excluding hydrogens is 772 g/mol. The summed E-state index contributed by atoms with van der Waals surface area (Å²) in [6, 6.07) is 20.8. The number of nitrogens with one attached hydrogen (secondary N) is 5. The van der Waals surface area contributed by atoms with Gasteiger partial charge in [-0.25, -0.2) is 4.98 Å². The lowest BCUT2D eigenvalue weighted by atomic mass is 9.89. The van der Waals surface area contributed by atoms with Crippen molar-refractivity contribution in [1.29, 1.82) is 0 Å². The predicted octanol–water partition coefficient (Wildman–Crippen LogP) is 5.51. The number of amides is 4. The number of carbonyl (C=O) groups excluding carboxylic acids is 4. The molecule has 3 aliphatic rings. The van der Waals surface area contributed by atoms with Crippen LogP contribution in [0.3, 0.4) is 0 Å². The normalized spacial score (nSPS) is 17.7. The Labute approximate surface area is 349 Å². The maximum atomic E-state index is 13.4. The van der Waals surface area contributed by atoms with Gasteiger partial charge in [-0.05, 0) is 94.1 Å². The average Bonchev–Trinajstić information content (AvgIpc) is 3.24. The number of hydrogen-bond acceptors (Lipinski definition) is 12. The van der Waals surface area contributed by atoms with Gasteiger partial charge in [0.2, 0.25) is 23.7 Å². The van der Waals surface area contributed by atoms with Crippen LogP contribution in [0.25, 0.3) is 0 Å². The van der Waals surface area contributed by atoms with Crippen LogP contribution in [-0.2, 0) is 14.4 Å². The topological polar surface area (TPSA) is 173 Å². The van der Waals surface area contributed by atoms with Gasteiger partial charge in [0.1, 0.15) is 16.8 Å². The van der Waals surface area contributed by atoms with E-state index in [0.29, 0.717) is 91.0 Å². The summed E-state index contributed by atoms with van der Waals surface area (Å²) in [5.74, 6) is 1.10. The molecule has 1 atom stereocenters. The number of methoxy groups -OCH3 is 1. The van der Waals surface area contributed by atoms with E-state index in [1.165, 1.54) is 11.8 Å². The number of nitrogens with zero attached hydrogens (tertiary/aromatic N) is 5. The number of anilines is 6. The number of para-hydroxylation sites is 1. The number of imide groups is 1. The molecule has 5 N–H and O–H groups in total. The Kier molecular flexibility index (Phi) is 13.1. The molecule has 3 aliphatic heterocycles. The van der Waals surface area contributed by atoms with Gasteiger partial charge in [0.15, 0.2) is 5.82 Å². The zero-order valence-corrected chi connectivity index (χ0v) is 34.3. The fourth-order valence-corrected chi connectivity index (χ4v) is 7.82. The lowest BCUT2D eigenvalue weighted by molar-refractivity contribution is -0.134. The van der Waals surface area contributed by atoms with E-state index in [2.05, 4.69) is 58.5 Å². The van der Waals surface area contributed by atoms with Crippen LogP contribution >= 0.6 is 11.6 Å². The highest BCUT2D eigenvalue weighted by atomic mass is 35.5. The van der Waals surface area contributed by atoms with Crippen molar-refractivity contribution >= 4 is 69.7 Å². The summed E-state index contributed by atoms with van der Waals surface area (Å²) >= 11 is 6.48. The number of halogens is 1. The van der Waals surface area contributed by atoms with Gasteiger partial charge < -0.3 is 35.8 Å². The van der Waals surface area contributed by atoms with E-state index >= 15 is 0 Å². The molecule has 15 nitrogen and oxygen atoms in total. The standard InChI is InChI=1S/C43H51ClN10O5/c1-27(2)46-41(57)32-6-4-5-7-34(32)48-40-33(44)25-45-43(51-40)49-35-13-12-31(24-37(35)59-3)53-20-22-54(23-21-53)39(56)26-52-18-16-29(17-19-52)28-8-10-30(11-9-28)47-36-14-15-38(55)50-42(36)58/h4-13,24-25,27,29,36,47H,14-23,26H2,1-3H3,(H,46,57)(H,50,55,58)(H2,45,48,49,51). The molecule has 1 unspecified atom stereocenters. The summed E-state index contributed by atoms with van der Waals surface area (Å²) in [6.07, 6.45) is 4.28. The molecule has 16 heteroatoms. The van der Waals surface area contributed by atoms with Crippen LogP contribution in [0, 0.1) is 0 Å². The lowest BCUT2D eigenvalue weighted by Gasteiger charge is -2.38. The monoisotopic (exact) mass is 822 g/mol. The molecule has 0 saturated carbocycles. The van der Waals surface area contributed by atoms with Gasteiger partial charge in [-0.1, -0.05) is 35.9 Å². The quantitative estimate of drug-likeness (QED) is 0.107. The number of hydrogen-bond donors (Lipinski definition) is 5. The molecule has 310 valence electrons. The maximum absolute atomic E-state index is 13.4. The summed E-state index contributed by atoms with van der Waals surface area (Å²) in [6.45, 7) is 8.60. The molecule has 59 heavy (non-hydrogen) atoms. The zero-order valence-electron chi connectivity index (χ0n) is 33.6. The fraction of sp³-hybridized carbons (Fsp3) is 0.395. The van der Waals surface area contributed by atoms with E-state index in [-0.39, 0.29) is 29.7 Å². The van der Waals surface area contributed by atoms with Gasteiger partial charge in [0.25, 0.3) is 5.91 Å². The summed E-state index contributed by atoms with van der Waals surface area (Å²) < 4.78 is 5.77. The van der Waals surface area contributed by atoms with Crippen molar-refractivity contribution in [2.45, 2.75) is 57.5 Å². The van der Waals surface area contributed by atoms with Gasteiger partial charge in [-0.2, -0.15) is 4.98 Å².